The van der Waals surface area contributed by atoms with Gasteiger partial charge in [-0.3, -0.25) is 9.88 Å². The molecule has 1 radical (unpaired) electrons. The average Bonchev–Trinajstić information content (AvgIpc) is 3.35. The Hall–Kier alpha value is -2.16. The molecule has 2 aromatic heterocycles. The minimum absolute atomic E-state index is 0.0349. The maximum atomic E-state index is 13.7. The summed E-state index contributed by atoms with van der Waals surface area (Å²) in [6.07, 6.45) is 9.16. The summed E-state index contributed by atoms with van der Waals surface area (Å²) in [5, 5.41) is 14.7. The molecule has 2 aliphatic heterocycles. The van der Waals surface area contributed by atoms with Crippen molar-refractivity contribution in [1.82, 2.24) is 14.9 Å². The van der Waals surface area contributed by atoms with Crippen molar-refractivity contribution in [2.75, 3.05) is 39.4 Å². The minimum Gasteiger partial charge on any atom is -0.632 e. The number of benzene rings is 1. The van der Waals surface area contributed by atoms with Crippen molar-refractivity contribution in [2.45, 2.75) is 31.8 Å². The van der Waals surface area contributed by atoms with E-state index in [1.165, 1.54) is 4.88 Å². The van der Waals surface area contributed by atoms with Gasteiger partial charge < -0.3 is 14.6 Å². The molecule has 0 N–H and O–H groups in total. The van der Waals surface area contributed by atoms with Crippen molar-refractivity contribution in [1.29, 1.82) is 0 Å². The van der Waals surface area contributed by atoms with Gasteiger partial charge in [0.15, 0.2) is 0 Å². The van der Waals surface area contributed by atoms with Crippen molar-refractivity contribution in [3.05, 3.63) is 83.0 Å². The lowest BCUT2D eigenvalue weighted by molar-refractivity contribution is -0.910. The topological polar surface area (TPSA) is 61.3 Å². The first-order chi connectivity index (χ1) is 16.7. The van der Waals surface area contributed by atoms with Gasteiger partial charge in [-0.25, -0.2) is 4.98 Å². The number of likely N-dealkylation sites (tertiary alicyclic amines) is 1. The fourth-order valence-electron chi connectivity index (χ4n) is 5.08. The Labute approximate surface area is 206 Å². The number of thiazole rings is 1. The van der Waals surface area contributed by atoms with E-state index in [0.29, 0.717) is 32.2 Å². The Balaban J connectivity index is 1.11. The second kappa shape index (κ2) is 11.1. The summed E-state index contributed by atoms with van der Waals surface area (Å²) in [4.78, 5) is 12.8. The number of morpholine rings is 1. The number of ether oxygens (including phenoxy) is 1. The molecule has 179 valence electrons. The van der Waals surface area contributed by atoms with Gasteiger partial charge in [0.25, 0.3) is 0 Å². The van der Waals surface area contributed by atoms with Crippen LogP contribution in [0.2, 0.25) is 0 Å². The van der Waals surface area contributed by atoms with Crippen LogP contribution in [0.1, 0.15) is 29.7 Å². The third kappa shape index (κ3) is 5.90. The SMILES string of the molecule is [O-][N+]1(C[CH]c2ccccc2)CCOCC1CC1CCN(Cc2cnc(-c3ccccn3)s2)CC1. The smallest absolute Gasteiger partial charge is 0.142 e. The molecule has 4 heterocycles. The summed E-state index contributed by atoms with van der Waals surface area (Å²) < 4.78 is 5.61. The largest absolute Gasteiger partial charge is 0.632 e. The van der Waals surface area contributed by atoms with E-state index in [1.807, 2.05) is 48.8 Å². The molecule has 6 nitrogen and oxygen atoms in total. The van der Waals surface area contributed by atoms with Crippen molar-refractivity contribution in [2.24, 2.45) is 5.92 Å². The Morgan fingerprint density at radius 3 is 2.71 bits per heavy atom. The van der Waals surface area contributed by atoms with E-state index in [9.17, 15) is 5.21 Å². The van der Waals surface area contributed by atoms with Gasteiger partial charge in [-0.15, -0.1) is 11.3 Å². The third-order valence-electron chi connectivity index (χ3n) is 7.16. The Morgan fingerprint density at radius 2 is 1.91 bits per heavy atom. The first kappa shape index (κ1) is 23.6. The number of nitrogens with zero attached hydrogens (tertiary/aromatic N) is 4. The monoisotopic (exact) mass is 477 g/mol. The van der Waals surface area contributed by atoms with E-state index in [-0.39, 0.29) is 10.7 Å². The molecule has 0 amide bonds. The fraction of sp³-hybridized carbons (Fsp3) is 0.444. The van der Waals surface area contributed by atoms with Crippen LogP contribution in [-0.2, 0) is 11.3 Å². The third-order valence-corrected chi connectivity index (χ3v) is 8.16. The molecule has 0 aliphatic carbocycles. The van der Waals surface area contributed by atoms with Crippen LogP contribution in [0.5, 0.6) is 0 Å². The zero-order valence-corrected chi connectivity index (χ0v) is 20.4. The number of hydrogen-bond donors (Lipinski definition) is 0. The van der Waals surface area contributed by atoms with Crippen molar-refractivity contribution < 1.29 is 9.38 Å². The van der Waals surface area contributed by atoms with Crippen LogP contribution in [0.3, 0.4) is 0 Å². The van der Waals surface area contributed by atoms with Crippen LogP contribution >= 0.6 is 11.3 Å². The van der Waals surface area contributed by atoms with Crippen LogP contribution in [0.4, 0.5) is 0 Å². The van der Waals surface area contributed by atoms with Crippen LogP contribution in [0.15, 0.2) is 60.9 Å². The summed E-state index contributed by atoms with van der Waals surface area (Å²) in [6, 6.07) is 16.2. The molecular weight excluding hydrogens is 444 g/mol. The molecule has 2 atom stereocenters. The molecule has 2 unspecified atom stereocenters. The zero-order valence-electron chi connectivity index (χ0n) is 19.6. The number of aromatic nitrogens is 2. The van der Waals surface area contributed by atoms with E-state index in [0.717, 1.165) is 55.2 Å². The van der Waals surface area contributed by atoms with Crippen LogP contribution in [0.25, 0.3) is 10.7 Å². The van der Waals surface area contributed by atoms with E-state index < -0.39 is 0 Å². The Morgan fingerprint density at radius 1 is 1.09 bits per heavy atom. The lowest BCUT2D eigenvalue weighted by Gasteiger charge is -2.52. The summed E-state index contributed by atoms with van der Waals surface area (Å²) >= 11 is 1.73. The van der Waals surface area contributed by atoms with Gasteiger partial charge in [0.2, 0.25) is 0 Å². The summed E-state index contributed by atoms with van der Waals surface area (Å²) in [6.45, 7) is 5.32. The van der Waals surface area contributed by atoms with Gasteiger partial charge in [-0.05, 0) is 49.5 Å². The van der Waals surface area contributed by atoms with Crippen LogP contribution in [0, 0.1) is 17.5 Å². The molecule has 34 heavy (non-hydrogen) atoms. The number of hydroxylamine groups is 3. The number of rotatable bonds is 8. The molecule has 2 saturated heterocycles. The first-order valence-corrected chi connectivity index (χ1v) is 13.1. The highest BCUT2D eigenvalue weighted by atomic mass is 32.1. The standard InChI is InChI=1S/C27H33N4O2S/c32-31(15-11-22-6-2-1-3-7-22)16-17-33-21-24(31)18-23-9-13-30(14-10-23)20-25-19-29-27(34-25)26-8-4-5-12-28-26/h1-8,11-12,19,23-24H,9-10,13-18,20-21H2. The molecule has 2 fully saturated rings. The van der Waals surface area contributed by atoms with Crippen molar-refractivity contribution in [3.8, 4) is 10.7 Å². The number of hydrogen-bond acceptors (Lipinski definition) is 6. The first-order valence-electron chi connectivity index (χ1n) is 12.3. The van der Waals surface area contributed by atoms with Gasteiger partial charge in [0.1, 0.15) is 17.6 Å². The van der Waals surface area contributed by atoms with Gasteiger partial charge in [0.05, 0.1) is 25.5 Å². The molecule has 0 spiro atoms. The molecule has 5 rings (SSSR count). The molecule has 2 aliphatic rings. The van der Waals surface area contributed by atoms with Crippen LogP contribution < -0.4 is 0 Å². The highest BCUT2D eigenvalue weighted by molar-refractivity contribution is 7.14. The molecular formula is C27H33N4O2S. The molecule has 0 bridgehead atoms. The maximum Gasteiger partial charge on any atom is 0.142 e. The predicted molar refractivity (Wildman–Crippen MR) is 136 cm³/mol. The molecule has 0 saturated carbocycles. The van der Waals surface area contributed by atoms with E-state index in [2.05, 4.69) is 33.4 Å². The van der Waals surface area contributed by atoms with Gasteiger partial charge >= 0.3 is 0 Å². The second-order valence-electron chi connectivity index (χ2n) is 9.50. The molecule has 3 aromatic rings. The predicted octanol–water partition coefficient (Wildman–Crippen LogP) is 4.77. The second-order valence-corrected chi connectivity index (χ2v) is 10.6. The highest BCUT2D eigenvalue weighted by Gasteiger charge is 2.35. The number of piperidine rings is 1. The van der Waals surface area contributed by atoms with Crippen molar-refractivity contribution >= 4 is 11.3 Å². The maximum absolute atomic E-state index is 13.7. The lowest BCUT2D eigenvalue weighted by Crippen LogP contribution is -2.59. The van der Waals surface area contributed by atoms with E-state index >= 15 is 0 Å². The van der Waals surface area contributed by atoms with Crippen LogP contribution in [-0.4, -0.2) is 64.9 Å². The zero-order chi connectivity index (χ0) is 23.2. The average molecular weight is 478 g/mol. The van der Waals surface area contributed by atoms with E-state index in [4.69, 9.17) is 4.74 Å². The number of pyridine rings is 1. The van der Waals surface area contributed by atoms with Crippen molar-refractivity contribution in [3.63, 3.8) is 0 Å². The van der Waals surface area contributed by atoms with E-state index in [1.54, 1.807) is 11.3 Å². The minimum atomic E-state index is -0.147. The highest BCUT2D eigenvalue weighted by Crippen LogP contribution is 2.31. The van der Waals surface area contributed by atoms with Gasteiger partial charge in [-0.2, -0.15) is 0 Å². The molecule has 1 aromatic carbocycles. The van der Waals surface area contributed by atoms with Gasteiger partial charge in [0, 0.05) is 36.7 Å². The summed E-state index contributed by atoms with van der Waals surface area (Å²) in [7, 11) is 0. The Bertz CT molecular complexity index is 1020. The summed E-state index contributed by atoms with van der Waals surface area (Å²) in [5.74, 6) is 0.594. The van der Waals surface area contributed by atoms with Gasteiger partial charge in [-0.1, -0.05) is 36.4 Å². The quantitative estimate of drug-likeness (QED) is 0.345. The molecule has 7 heteroatoms. The fourth-order valence-corrected chi connectivity index (χ4v) is 6.01. The Kier molecular flexibility index (Phi) is 7.67. The summed E-state index contributed by atoms with van der Waals surface area (Å²) in [5.41, 5.74) is 2.07. The lowest BCUT2D eigenvalue weighted by atomic mass is 9.89. The number of quaternary nitrogens is 1. The normalized spacial score (nSPS) is 24.3.